The Morgan fingerprint density at radius 2 is 1.76 bits per heavy atom. The number of rotatable bonds is 8. The number of hydrogen-bond acceptors (Lipinski definition) is 7. The van der Waals surface area contributed by atoms with Gasteiger partial charge in [0, 0.05) is 35.4 Å². The van der Waals surface area contributed by atoms with E-state index in [9.17, 15) is 4.79 Å². The van der Waals surface area contributed by atoms with Crippen molar-refractivity contribution < 1.29 is 19.0 Å². The van der Waals surface area contributed by atoms with Crippen molar-refractivity contribution in [2.75, 3.05) is 25.7 Å². The van der Waals surface area contributed by atoms with Crippen LogP contribution in [-0.2, 0) is 11.3 Å². The van der Waals surface area contributed by atoms with Crippen LogP contribution in [0.4, 0.5) is 11.4 Å². The molecule has 0 fully saturated rings. The summed E-state index contributed by atoms with van der Waals surface area (Å²) in [5.74, 6) is 0.910. The number of methoxy groups -OCH3 is 2. The van der Waals surface area contributed by atoms with Gasteiger partial charge in [0.1, 0.15) is 6.33 Å². The molecule has 0 radical (unpaired) electrons. The van der Waals surface area contributed by atoms with Crippen LogP contribution < -0.4 is 14.4 Å². The standard InChI is InChI=1S/C22H23N3O4/c1-4-29-21-11-19(8-9-20(21)27-2)25(14-16-12-23-15-24-13-16)18-7-5-6-17(10-18)22(26)28-3/h5-13,15H,4,14H2,1-3H3. The normalized spacial score (nSPS) is 10.3. The van der Waals surface area contributed by atoms with E-state index in [1.807, 2.05) is 42.2 Å². The van der Waals surface area contributed by atoms with Gasteiger partial charge in [-0.2, -0.15) is 0 Å². The number of benzene rings is 2. The van der Waals surface area contributed by atoms with Gasteiger partial charge in [0.15, 0.2) is 11.5 Å². The van der Waals surface area contributed by atoms with Gasteiger partial charge in [0.2, 0.25) is 0 Å². The Kier molecular flexibility index (Phi) is 6.63. The summed E-state index contributed by atoms with van der Waals surface area (Å²) >= 11 is 0. The van der Waals surface area contributed by atoms with Crippen molar-refractivity contribution in [3.8, 4) is 11.5 Å². The van der Waals surface area contributed by atoms with Gasteiger partial charge in [-0.15, -0.1) is 0 Å². The molecule has 2 aromatic carbocycles. The summed E-state index contributed by atoms with van der Waals surface area (Å²) in [7, 11) is 2.97. The Morgan fingerprint density at radius 1 is 1.00 bits per heavy atom. The second kappa shape index (κ2) is 9.54. The highest BCUT2D eigenvalue weighted by Gasteiger charge is 2.16. The lowest BCUT2D eigenvalue weighted by molar-refractivity contribution is 0.0601. The van der Waals surface area contributed by atoms with Crippen LogP contribution in [0.3, 0.4) is 0 Å². The maximum absolute atomic E-state index is 12.0. The Bertz CT molecular complexity index is 963. The van der Waals surface area contributed by atoms with Gasteiger partial charge in [-0.3, -0.25) is 0 Å². The van der Waals surface area contributed by atoms with E-state index in [1.54, 1.807) is 31.6 Å². The fourth-order valence-electron chi connectivity index (χ4n) is 2.95. The van der Waals surface area contributed by atoms with Crippen LogP contribution in [0.15, 0.2) is 61.2 Å². The highest BCUT2D eigenvalue weighted by atomic mass is 16.5. The summed E-state index contributed by atoms with van der Waals surface area (Å²) in [5.41, 5.74) is 3.09. The molecule has 0 amide bonds. The molecule has 0 spiro atoms. The van der Waals surface area contributed by atoms with E-state index in [0.29, 0.717) is 30.2 Å². The van der Waals surface area contributed by atoms with Crippen LogP contribution in [0, 0.1) is 0 Å². The van der Waals surface area contributed by atoms with Gasteiger partial charge >= 0.3 is 5.97 Å². The third-order valence-corrected chi connectivity index (χ3v) is 4.29. The molecule has 0 atom stereocenters. The van der Waals surface area contributed by atoms with E-state index in [2.05, 4.69) is 9.97 Å². The van der Waals surface area contributed by atoms with Gasteiger partial charge in [0.05, 0.1) is 32.9 Å². The highest BCUT2D eigenvalue weighted by molar-refractivity contribution is 5.90. The Morgan fingerprint density at radius 3 is 2.45 bits per heavy atom. The minimum atomic E-state index is -0.389. The van der Waals surface area contributed by atoms with Gasteiger partial charge in [-0.25, -0.2) is 14.8 Å². The number of nitrogens with zero attached hydrogens (tertiary/aromatic N) is 3. The summed E-state index contributed by atoms with van der Waals surface area (Å²) < 4.78 is 16.0. The summed E-state index contributed by atoms with van der Waals surface area (Å²) in [6.07, 6.45) is 5.01. The quantitative estimate of drug-likeness (QED) is 0.535. The van der Waals surface area contributed by atoms with E-state index >= 15 is 0 Å². The van der Waals surface area contributed by atoms with Crippen LogP contribution in [0.1, 0.15) is 22.8 Å². The highest BCUT2D eigenvalue weighted by Crippen LogP contribution is 2.36. The van der Waals surface area contributed by atoms with Crippen molar-refractivity contribution in [2.45, 2.75) is 13.5 Å². The van der Waals surface area contributed by atoms with Crippen LogP contribution in [0.5, 0.6) is 11.5 Å². The molecule has 7 nitrogen and oxygen atoms in total. The van der Waals surface area contributed by atoms with E-state index in [4.69, 9.17) is 14.2 Å². The molecule has 0 saturated heterocycles. The van der Waals surface area contributed by atoms with Crippen LogP contribution in [-0.4, -0.2) is 36.8 Å². The molecule has 1 aromatic heterocycles. The molecule has 0 aliphatic rings. The number of esters is 1. The molecule has 0 N–H and O–H groups in total. The first-order valence-electron chi connectivity index (χ1n) is 9.17. The first kappa shape index (κ1) is 20.1. The van der Waals surface area contributed by atoms with Crippen molar-refractivity contribution in [3.63, 3.8) is 0 Å². The zero-order chi connectivity index (χ0) is 20.6. The van der Waals surface area contributed by atoms with Gasteiger partial charge < -0.3 is 19.1 Å². The molecule has 1 heterocycles. The molecular weight excluding hydrogens is 370 g/mol. The predicted octanol–water partition coefficient (Wildman–Crippen LogP) is 4.01. The molecule has 0 aliphatic heterocycles. The monoisotopic (exact) mass is 393 g/mol. The van der Waals surface area contributed by atoms with E-state index < -0.39 is 0 Å². The third kappa shape index (κ3) is 4.82. The number of hydrogen-bond donors (Lipinski definition) is 0. The smallest absolute Gasteiger partial charge is 0.337 e. The molecule has 3 rings (SSSR count). The lowest BCUT2D eigenvalue weighted by Gasteiger charge is -2.26. The first-order chi connectivity index (χ1) is 14.2. The molecular formula is C22H23N3O4. The minimum absolute atomic E-state index is 0.389. The average molecular weight is 393 g/mol. The van der Waals surface area contributed by atoms with Crippen molar-refractivity contribution in [1.82, 2.24) is 9.97 Å². The topological polar surface area (TPSA) is 73.8 Å². The third-order valence-electron chi connectivity index (χ3n) is 4.29. The van der Waals surface area contributed by atoms with Crippen LogP contribution in [0.2, 0.25) is 0 Å². The lowest BCUT2D eigenvalue weighted by atomic mass is 10.1. The van der Waals surface area contributed by atoms with E-state index in [1.165, 1.54) is 13.4 Å². The first-order valence-corrected chi connectivity index (χ1v) is 9.17. The molecule has 0 unspecified atom stereocenters. The van der Waals surface area contributed by atoms with Crippen molar-refractivity contribution >= 4 is 17.3 Å². The molecule has 0 saturated carbocycles. The number of carbonyl (C=O) groups excluding carboxylic acids is 1. The van der Waals surface area contributed by atoms with Crippen molar-refractivity contribution in [1.29, 1.82) is 0 Å². The fourth-order valence-corrected chi connectivity index (χ4v) is 2.95. The average Bonchev–Trinajstić information content (AvgIpc) is 2.78. The molecule has 29 heavy (non-hydrogen) atoms. The maximum Gasteiger partial charge on any atom is 0.337 e. The molecule has 0 aliphatic carbocycles. The van der Waals surface area contributed by atoms with Crippen LogP contribution >= 0.6 is 0 Å². The predicted molar refractivity (Wildman–Crippen MR) is 110 cm³/mol. The van der Waals surface area contributed by atoms with Gasteiger partial charge in [0.25, 0.3) is 0 Å². The SMILES string of the molecule is CCOc1cc(N(Cc2cncnc2)c2cccc(C(=O)OC)c2)ccc1OC. The fraction of sp³-hybridized carbons (Fsp3) is 0.227. The van der Waals surface area contributed by atoms with E-state index in [0.717, 1.165) is 16.9 Å². The number of carbonyl (C=O) groups is 1. The number of anilines is 2. The van der Waals surface area contributed by atoms with Crippen molar-refractivity contribution in [2.24, 2.45) is 0 Å². The minimum Gasteiger partial charge on any atom is -0.493 e. The summed E-state index contributed by atoms with van der Waals surface area (Å²) in [6.45, 7) is 2.94. The zero-order valence-corrected chi connectivity index (χ0v) is 16.7. The second-order valence-corrected chi connectivity index (χ2v) is 6.14. The Labute approximate surface area is 169 Å². The van der Waals surface area contributed by atoms with E-state index in [-0.39, 0.29) is 5.97 Å². The summed E-state index contributed by atoms with van der Waals surface area (Å²) in [5, 5.41) is 0. The Balaban J connectivity index is 2.06. The Hall–Kier alpha value is -3.61. The maximum atomic E-state index is 12.0. The van der Waals surface area contributed by atoms with Crippen molar-refractivity contribution in [3.05, 3.63) is 72.3 Å². The van der Waals surface area contributed by atoms with Crippen LogP contribution in [0.25, 0.3) is 0 Å². The largest absolute Gasteiger partial charge is 0.493 e. The van der Waals surface area contributed by atoms with Gasteiger partial charge in [-0.1, -0.05) is 6.07 Å². The lowest BCUT2D eigenvalue weighted by Crippen LogP contribution is -2.17. The number of ether oxygens (including phenoxy) is 3. The summed E-state index contributed by atoms with van der Waals surface area (Å²) in [4.78, 5) is 22.3. The second-order valence-electron chi connectivity index (χ2n) is 6.14. The molecule has 150 valence electrons. The summed E-state index contributed by atoms with van der Waals surface area (Å²) in [6, 6.07) is 13.0. The van der Waals surface area contributed by atoms with Gasteiger partial charge in [-0.05, 0) is 37.3 Å². The molecule has 3 aromatic rings. The zero-order valence-electron chi connectivity index (χ0n) is 16.7. The number of aromatic nitrogens is 2. The molecule has 7 heteroatoms. The molecule has 0 bridgehead atoms.